The molecule has 0 saturated heterocycles. The van der Waals surface area contributed by atoms with Crippen molar-refractivity contribution in [3.63, 3.8) is 0 Å². The first-order chi connectivity index (χ1) is 16.3. The normalized spacial score (nSPS) is 11.5. The molecule has 0 atom stereocenters. The van der Waals surface area contributed by atoms with E-state index in [1.54, 1.807) is 30.1 Å². The number of hydrogen-bond acceptors (Lipinski definition) is 7. The summed E-state index contributed by atoms with van der Waals surface area (Å²) in [6.45, 7) is 9.41. The maximum Gasteiger partial charge on any atom is 0.336 e. The fraction of sp³-hybridized carbons (Fsp3) is 0.167. The predicted molar refractivity (Wildman–Crippen MR) is 132 cm³/mol. The first kappa shape index (κ1) is 22.6. The molecule has 4 aromatic rings. The Morgan fingerprint density at radius 2 is 2.06 bits per heavy atom. The van der Waals surface area contributed by atoms with Crippen molar-refractivity contribution in [3.05, 3.63) is 80.8 Å². The first-order valence-electron chi connectivity index (χ1n) is 10.2. The zero-order chi connectivity index (χ0) is 24.6. The number of pyridine rings is 1. The Morgan fingerprint density at radius 3 is 2.74 bits per heavy atom. The maximum atomic E-state index is 13.7. The summed E-state index contributed by atoms with van der Waals surface area (Å²) in [5.41, 5.74) is 1.67. The van der Waals surface area contributed by atoms with Gasteiger partial charge in [-0.15, -0.1) is 11.3 Å². The van der Waals surface area contributed by atoms with Gasteiger partial charge in [0.15, 0.2) is 0 Å². The second-order valence-corrected chi connectivity index (χ2v) is 8.53. The Morgan fingerprint density at radius 1 is 1.29 bits per heavy atom. The van der Waals surface area contributed by atoms with E-state index in [-0.39, 0.29) is 18.5 Å². The standard InChI is InChI=1S/C24H19N7O2S/c1-5-7-16(14(2)11-26)20-10-18-22(34-20)23(32)31(24(33)30(18)9-6-8-25)19-13-27-12-17-21(19)15(3)29(4)28-17/h5,7,10,12-13H,1-2,6,9H2,3-4H3/b16-7+. The van der Waals surface area contributed by atoms with Crippen LogP contribution in [0.15, 0.2) is 58.9 Å². The van der Waals surface area contributed by atoms with Crippen LogP contribution in [0.1, 0.15) is 17.0 Å². The quantitative estimate of drug-likeness (QED) is 0.315. The number of thiophene rings is 1. The lowest BCUT2D eigenvalue weighted by Crippen LogP contribution is -2.38. The topological polar surface area (TPSA) is 122 Å². The van der Waals surface area contributed by atoms with Crippen LogP contribution in [0, 0.1) is 29.6 Å². The fourth-order valence-corrected chi connectivity index (χ4v) is 4.98. The molecule has 168 valence electrons. The number of nitrogens with zero attached hydrogens (tertiary/aromatic N) is 7. The van der Waals surface area contributed by atoms with Gasteiger partial charge in [0.25, 0.3) is 5.56 Å². The summed E-state index contributed by atoms with van der Waals surface area (Å²) in [5, 5.41) is 23.6. The van der Waals surface area contributed by atoms with E-state index in [2.05, 4.69) is 29.3 Å². The van der Waals surface area contributed by atoms with Crippen molar-refractivity contribution in [2.24, 2.45) is 7.05 Å². The highest BCUT2D eigenvalue weighted by atomic mass is 32.1. The van der Waals surface area contributed by atoms with Crippen molar-refractivity contribution >= 4 is 38.0 Å². The summed E-state index contributed by atoms with van der Waals surface area (Å²) in [5.74, 6) is 0. The van der Waals surface area contributed by atoms with Gasteiger partial charge in [-0.25, -0.2) is 9.36 Å². The van der Waals surface area contributed by atoms with Crippen LogP contribution in [-0.4, -0.2) is 23.9 Å². The summed E-state index contributed by atoms with van der Waals surface area (Å²) in [7, 11) is 1.78. The van der Waals surface area contributed by atoms with Gasteiger partial charge < -0.3 is 0 Å². The van der Waals surface area contributed by atoms with Gasteiger partial charge in [-0.1, -0.05) is 25.3 Å². The van der Waals surface area contributed by atoms with Crippen molar-refractivity contribution in [3.8, 4) is 17.8 Å². The average Bonchev–Trinajstić information content (AvgIpc) is 3.39. The number of hydrogen-bond donors (Lipinski definition) is 0. The highest BCUT2D eigenvalue weighted by Gasteiger charge is 2.22. The Hall–Kier alpha value is -4.54. The number of allylic oxidation sites excluding steroid dienone is 4. The van der Waals surface area contributed by atoms with Gasteiger partial charge in [-0.05, 0) is 13.0 Å². The van der Waals surface area contributed by atoms with Gasteiger partial charge >= 0.3 is 5.69 Å². The highest BCUT2D eigenvalue weighted by Crippen LogP contribution is 2.32. The van der Waals surface area contributed by atoms with Crippen molar-refractivity contribution in [1.82, 2.24) is 23.9 Å². The van der Waals surface area contributed by atoms with Crippen molar-refractivity contribution in [2.75, 3.05) is 0 Å². The van der Waals surface area contributed by atoms with Crippen LogP contribution in [0.2, 0.25) is 0 Å². The number of aryl methyl sites for hydroxylation is 3. The molecular formula is C24H19N7O2S. The maximum absolute atomic E-state index is 13.7. The molecule has 0 N–H and O–H groups in total. The third-order valence-corrected chi connectivity index (χ3v) is 6.68. The van der Waals surface area contributed by atoms with Crippen molar-refractivity contribution in [1.29, 1.82) is 10.5 Å². The van der Waals surface area contributed by atoms with E-state index in [9.17, 15) is 14.9 Å². The zero-order valence-electron chi connectivity index (χ0n) is 18.6. The third-order valence-electron chi connectivity index (χ3n) is 5.53. The summed E-state index contributed by atoms with van der Waals surface area (Å²) in [6, 6.07) is 5.74. The minimum Gasteiger partial charge on any atom is -0.291 e. The van der Waals surface area contributed by atoms with E-state index in [0.29, 0.717) is 37.3 Å². The molecule has 34 heavy (non-hydrogen) atoms. The molecule has 0 saturated carbocycles. The van der Waals surface area contributed by atoms with Crippen LogP contribution < -0.4 is 11.2 Å². The largest absolute Gasteiger partial charge is 0.336 e. The van der Waals surface area contributed by atoms with E-state index in [0.717, 1.165) is 21.6 Å². The van der Waals surface area contributed by atoms with Crippen LogP contribution in [0.5, 0.6) is 0 Å². The zero-order valence-corrected chi connectivity index (χ0v) is 19.4. The molecule has 0 fully saturated rings. The fourth-order valence-electron chi connectivity index (χ4n) is 3.83. The minimum absolute atomic E-state index is 0.0764. The van der Waals surface area contributed by atoms with E-state index in [1.807, 2.05) is 13.0 Å². The van der Waals surface area contributed by atoms with Crippen molar-refractivity contribution in [2.45, 2.75) is 19.9 Å². The molecule has 9 nitrogen and oxygen atoms in total. The molecule has 4 rings (SSSR count). The van der Waals surface area contributed by atoms with Gasteiger partial charge in [0.05, 0.1) is 53.1 Å². The molecule has 0 radical (unpaired) electrons. The van der Waals surface area contributed by atoms with E-state index >= 15 is 0 Å². The van der Waals surface area contributed by atoms with E-state index < -0.39 is 11.2 Å². The second kappa shape index (κ2) is 8.77. The number of rotatable bonds is 6. The monoisotopic (exact) mass is 469 g/mol. The predicted octanol–water partition coefficient (Wildman–Crippen LogP) is 3.37. The van der Waals surface area contributed by atoms with Crippen LogP contribution >= 0.6 is 11.3 Å². The van der Waals surface area contributed by atoms with Gasteiger partial charge in [0.2, 0.25) is 0 Å². The number of fused-ring (bicyclic) bond motifs is 2. The minimum atomic E-state index is -0.581. The van der Waals surface area contributed by atoms with Crippen LogP contribution in [-0.2, 0) is 13.6 Å². The lowest BCUT2D eigenvalue weighted by Gasteiger charge is -2.11. The molecule has 0 unspecified atom stereocenters. The molecule has 0 amide bonds. The average molecular weight is 470 g/mol. The Kier molecular flexibility index (Phi) is 5.84. The lowest BCUT2D eigenvalue weighted by molar-refractivity contribution is 0.663. The summed E-state index contributed by atoms with van der Waals surface area (Å²) in [4.78, 5) is 32.1. The second-order valence-electron chi connectivity index (χ2n) is 7.48. The smallest absolute Gasteiger partial charge is 0.291 e. The molecule has 0 aliphatic heterocycles. The number of aromatic nitrogens is 5. The molecule has 0 aromatic carbocycles. The summed E-state index contributed by atoms with van der Waals surface area (Å²) < 4.78 is 4.47. The van der Waals surface area contributed by atoms with Gasteiger partial charge in [-0.2, -0.15) is 15.6 Å². The van der Waals surface area contributed by atoms with Gasteiger partial charge in [0.1, 0.15) is 10.2 Å². The Balaban J connectivity index is 2.13. The summed E-state index contributed by atoms with van der Waals surface area (Å²) >= 11 is 1.15. The van der Waals surface area contributed by atoms with E-state index in [1.165, 1.54) is 16.8 Å². The SMILES string of the molecule is C=C/C=C(\C(=C)C#N)c1cc2c(s1)c(=O)n(-c1cncc3nn(C)c(C)c13)c(=O)n2CCC#N. The van der Waals surface area contributed by atoms with Gasteiger partial charge in [-0.3, -0.25) is 19.0 Å². The Labute approximate surface area is 198 Å². The van der Waals surface area contributed by atoms with Crippen LogP contribution in [0.25, 0.3) is 32.4 Å². The van der Waals surface area contributed by atoms with E-state index in [4.69, 9.17) is 5.26 Å². The first-order valence-corrected chi connectivity index (χ1v) is 11.0. The van der Waals surface area contributed by atoms with Crippen LogP contribution in [0.3, 0.4) is 0 Å². The molecular weight excluding hydrogens is 450 g/mol. The lowest BCUT2D eigenvalue weighted by atomic mass is 10.1. The molecule has 4 aromatic heterocycles. The number of nitriles is 2. The Bertz CT molecular complexity index is 1730. The molecule has 4 heterocycles. The highest BCUT2D eigenvalue weighted by molar-refractivity contribution is 7.20. The molecule has 0 bridgehead atoms. The van der Waals surface area contributed by atoms with Gasteiger partial charge in [0, 0.05) is 29.7 Å². The molecule has 0 spiro atoms. The molecule has 0 aliphatic carbocycles. The summed E-state index contributed by atoms with van der Waals surface area (Å²) in [6.07, 6.45) is 6.28. The molecule has 10 heteroatoms. The van der Waals surface area contributed by atoms with Crippen LogP contribution in [0.4, 0.5) is 0 Å². The van der Waals surface area contributed by atoms with Crippen molar-refractivity contribution < 1.29 is 0 Å². The molecule has 0 aliphatic rings. The third kappa shape index (κ3) is 3.47.